The zero-order valence-electron chi connectivity index (χ0n) is 28.6. The van der Waals surface area contributed by atoms with Crippen LogP contribution in [0.25, 0.3) is 11.1 Å². The molecule has 270 valence electrons. The Balaban J connectivity index is 1.88. The molecular weight excluding hydrogens is 715 g/mol. The van der Waals surface area contributed by atoms with Crippen LogP contribution in [0.5, 0.6) is 11.8 Å². The zero-order valence-corrected chi connectivity index (χ0v) is 30.3. The molecule has 3 N–H and O–H groups in total. The quantitative estimate of drug-likeness (QED) is 0.112. The van der Waals surface area contributed by atoms with Gasteiger partial charge in [0.05, 0.1) is 21.2 Å². The number of thiol groups is 1. The molecule has 0 spiro atoms. The molecule has 0 saturated heterocycles. The van der Waals surface area contributed by atoms with Gasteiger partial charge in [0.1, 0.15) is 23.3 Å². The highest BCUT2D eigenvalue weighted by Crippen LogP contribution is 2.38. The summed E-state index contributed by atoms with van der Waals surface area (Å²) >= 11 is 0. The highest BCUT2D eigenvalue weighted by atomic mass is 32.2. The first-order valence-corrected chi connectivity index (χ1v) is 18.3. The Morgan fingerprint density at radius 2 is 1.23 bits per heavy atom. The molecule has 4 aromatic rings. The number of pyridine rings is 2. The van der Waals surface area contributed by atoms with E-state index in [1.54, 1.807) is 32.9 Å². The summed E-state index contributed by atoms with van der Waals surface area (Å²) < 4.78 is 56.6. The van der Waals surface area contributed by atoms with Gasteiger partial charge in [-0.25, -0.2) is 21.6 Å². The van der Waals surface area contributed by atoms with Gasteiger partial charge in [0.25, 0.3) is 11.1 Å². The van der Waals surface area contributed by atoms with Gasteiger partial charge in [-0.2, -0.15) is 20.8 Å². The van der Waals surface area contributed by atoms with E-state index in [0.717, 1.165) is 21.3 Å². The van der Waals surface area contributed by atoms with Gasteiger partial charge in [-0.1, -0.05) is 19.1 Å². The van der Waals surface area contributed by atoms with E-state index >= 15 is 0 Å². The molecule has 17 nitrogen and oxygen atoms in total. The third kappa shape index (κ3) is 7.37. The summed E-state index contributed by atoms with van der Waals surface area (Å²) in [6.45, 7) is 7.87. The summed E-state index contributed by atoms with van der Waals surface area (Å²) in [5, 5.41) is 56.5. The van der Waals surface area contributed by atoms with Crippen molar-refractivity contribution in [2.24, 2.45) is 20.5 Å². The van der Waals surface area contributed by atoms with E-state index in [2.05, 4.69) is 25.2 Å². The van der Waals surface area contributed by atoms with Crippen LogP contribution in [0.3, 0.4) is 0 Å². The number of azo groups is 2. The Bertz CT molecular complexity index is 2550. The Morgan fingerprint density at radius 3 is 1.65 bits per heavy atom. The van der Waals surface area contributed by atoms with Gasteiger partial charge in [-0.3, -0.25) is 18.7 Å². The lowest BCUT2D eigenvalue weighted by Gasteiger charge is -2.14. The second kappa shape index (κ2) is 15.9. The fourth-order valence-corrected chi connectivity index (χ4v) is 7.21. The first-order valence-electron chi connectivity index (χ1n) is 15.7. The van der Waals surface area contributed by atoms with Gasteiger partial charge in [-0.15, -0.1) is 10.2 Å². The van der Waals surface area contributed by atoms with E-state index in [4.69, 9.17) is 0 Å². The zero-order chi connectivity index (χ0) is 38.5. The van der Waals surface area contributed by atoms with Crippen LogP contribution in [0.4, 0.5) is 22.7 Å². The minimum absolute atomic E-state index is 0.0104. The molecular formula is C33H33N9O8S2. The van der Waals surface area contributed by atoms with Crippen molar-refractivity contribution >= 4 is 43.5 Å². The van der Waals surface area contributed by atoms with Gasteiger partial charge < -0.3 is 10.2 Å². The van der Waals surface area contributed by atoms with Gasteiger partial charge >= 0.3 is 0 Å². The third-order valence-corrected chi connectivity index (χ3v) is 10.2. The first-order chi connectivity index (χ1) is 24.7. The van der Waals surface area contributed by atoms with E-state index in [9.17, 15) is 47.2 Å². The number of nitriles is 2. The van der Waals surface area contributed by atoms with Crippen molar-refractivity contribution < 1.29 is 27.0 Å². The number of nitrogens with zero attached hydrogens (tertiary/aromatic N) is 8. The molecule has 2 aromatic heterocycles. The molecule has 52 heavy (non-hydrogen) atoms. The number of hydrogen-bond donors (Lipinski definition) is 4. The van der Waals surface area contributed by atoms with Crippen LogP contribution in [0.1, 0.15) is 49.4 Å². The summed E-state index contributed by atoms with van der Waals surface area (Å²) in [6.07, 6.45) is 0.443. The lowest BCUT2D eigenvalue weighted by Crippen LogP contribution is -2.25. The second-order valence-corrected chi connectivity index (χ2v) is 13.8. The second-order valence-electron chi connectivity index (χ2n) is 11.1. The highest BCUT2D eigenvalue weighted by Gasteiger charge is 2.24. The Labute approximate surface area is 299 Å². The molecule has 0 atom stereocenters. The first kappa shape index (κ1) is 38.8. The molecule has 0 radical (unpaired) electrons. The molecule has 0 unspecified atom stereocenters. The monoisotopic (exact) mass is 747 g/mol. The summed E-state index contributed by atoms with van der Waals surface area (Å²) in [5.74, 6) is -1.07. The Morgan fingerprint density at radius 1 is 0.769 bits per heavy atom. The number of aromatic hydroxyl groups is 2. The maximum Gasteiger partial charge on any atom is 0.271 e. The summed E-state index contributed by atoms with van der Waals surface area (Å²) in [7, 11) is -7.64. The molecule has 0 amide bonds. The van der Waals surface area contributed by atoms with E-state index in [1.807, 2.05) is 0 Å². The van der Waals surface area contributed by atoms with Crippen molar-refractivity contribution in [1.29, 1.82) is 10.5 Å². The average molecular weight is 748 g/mol. The Hall–Kier alpha value is -6.02. The van der Waals surface area contributed by atoms with Crippen molar-refractivity contribution in [2.45, 2.75) is 63.9 Å². The fraction of sp³-hybridized carbons (Fsp3) is 0.273. The lowest BCUT2D eigenvalue weighted by molar-refractivity contribution is 0.411. The van der Waals surface area contributed by atoms with Crippen LogP contribution in [0.15, 0.2) is 76.2 Å². The number of hydrogen-bond acceptors (Lipinski definition) is 14. The number of nitrogens with one attached hydrogen (secondary N) is 1. The standard InChI is InChI=1S/C33H33N9O8S2/c1-6-13-36-52(49,50)27-15-21(38-40-29-19(5)25(17-35)31(44)42(8-3)33(29)46)10-12-23(27)22-11-9-20(14-26(22)51(47)48)37-39-28-18(4)24(16-34)30(43)41(7-2)32(28)45/h9-12,14-15,36,45-46,51H,6-8,13H2,1-5H3. The minimum Gasteiger partial charge on any atom is -0.493 e. The average Bonchev–Trinajstić information content (AvgIpc) is 3.11. The molecule has 0 aliphatic heterocycles. The molecule has 0 aliphatic carbocycles. The number of aromatic nitrogens is 2. The molecule has 0 aliphatic rings. The van der Waals surface area contributed by atoms with Gasteiger partial charge in [-0.05, 0) is 58.4 Å². The van der Waals surface area contributed by atoms with Crippen molar-refractivity contribution in [2.75, 3.05) is 6.54 Å². The molecule has 0 fully saturated rings. The number of rotatable bonds is 12. The largest absolute Gasteiger partial charge is 0.493 e. The van der Waals surface area contributed by atoms with E-state index in [1.165, 1.54) is 38.1 Å². The van der Waals surface area contributed by atoms with Crippen molar-refractivity contribution in [1.82, 2.24) is 13.9 Å². The highest BCUT2D eigenvalue weighted by molar-refractivity contribution is 7.89. The molecule has 19 heteroatoms. The van der Waals surface area contributed by atoms with Crippen LogP contribution in [-0.2, 0) is 33.8 Å². The third-order valence-electron chi connectivity index (χ3n) is 7.97. The van der Waals surface area contributed by atoms with Crippen LogP contribution < -0.4 is 15.8 Å². The van der Waals surface area contributed by atoms with Crippen LogP contribution in [0, 0.1) is 36.5 Å². The van der Waals surface area contributed by atoms with Gasteiger partial charge in [0, 0.05) is 41.9 Å². The summed E-state index contributed by atoms with van der Waals surface area (Å²) in [4.78, 5) is 24.4. The predicted molar refractivity (Wildman–Crippen MR) is 189 cm³/mol. The predicted octanol–water partition coefficient (Wildman–Crippen LogP) is 4.98. The lowest BCUT2D eigenvalue weighted by atomic mass is 10.0. The SMILES string of the molecule is CCCNS(=O)(=O)c1cc(N=Nc2c(C)c(C#N)c(=O)n(CC)c2O)ccc1-c1ccc(N=Nc2c(C)c(C#N)c(=O)n(CC)c2O)cc1[SH](=O)=O. The van der Waals surface area contributed by atoms with Crippen molar-refractivity contribution in [3.8, 4) is 35.0 Å². The van der Waals surface area contributed by atoms with Crippen LogP contribution in [0.2, 0.25) is 0 Å². The van der Waals surface area contributed by atoms with Crippen LogP contribution >= 0.6 is 0 Å². The van der Waals surface area contributed by atoms with E-state index in [0.29, 0.717) is 6.42 Å². The number of sulfonamides is 1. The molecule has 2 aromatic carbocycles. The molecule has 0 bridgehead atoms. The smallest absolute Gasteiger partial charge is 0.271 e. The topological polar surface area (TPSA) is 262 Å². The minimum atomic E-state index is -4.29. The maximum atomic E-state index is 13.6. The fourth-order valence-electron chi connectivity index (χ4n) is 5.21. The van der Waals surface area contributed by atoms with Gasteiger partial charge in [0.15, 0.2) is 22.1 Å². The van der Waals surface area contributed by atoms with Gasteiger partial charge in [0.2, 0.25) is 21.8 Å². The normalized spacial score (nSPS) is 11.8. The molecule has 0 saturated carbocycles. The maximum absolute atomic E-state index is 13.6. The molecule has 2 heterocycles. The van der Waals surface area contributed by atoms with E-state index in [-0.39, 0.29) is 85.6 Å². The summed E-state index contributed by atoms with van der Waals surface area (Å²) in [5.41, 5.74) is -2.18. The van der Waals surface area contributed by atoms with Crippen molar-refractivity contribution in [3.05, 3.63) is 79.4 Å². The van der Waals surface area contributed by atoms with Crippen LogP contribution in [-0.4, -0.2) is 42.7 Å². The van der Waals surface area contributed by atoms with Crippen molar-refractivity contribution in [3.63, 3.8) is 0 Å². The Kier molecular flexibility index (Phi) is 11.9. The number of benzene rings is 2. The van der Waals surface area contributed by atoms with E-state index < -0.39 is 43.6 Å². The summed E-state index contributed by atoms with van der Waals surface area (Å²) in [6, 6.07) is 11.3. The molecule has 4 rings (SSSR count).